The minimum absolute atomic E-state index is 0.00324. The Balaban J connectivity index is 1.69. The van der Waals surface area contributed by atoms with Gasteiger partial charge >= 0.3 is 12.1 Å². The van der Waals surface area contributed by atoms with Gasteiger partial charge < -0.3 is 9.47 Å². The summed E-state index contributed by atoms with van der Waals surface area (Å²) < 4.78 is 47.9. The SMILES string of the molecule is O=C(OC12CCC(CC(Oc3ccccc3)C1)N2)C(F)(F)F. The Morgan fingerprint density at radius 1 is 1.27 bits per heavy atom. The first kappa shape index (κ1) is 15.1. The van der Waals surface area contributed by atoms with Crippen molar-refractivity contribution in [1.29, 1.82) is 0 Å². The number of piperidine rings is 1. The van der Waals surface area contributed by atoms with Crippen LogP contribution >= 0.6 is 0 Å². The second kappa shape index (κ2) is 5.46. The van der Waals surface area contributed by atoms with Gasteiger partial charge in [-0.15, -0.1) is 0 Å². The van der Waals surface area contributed by atoms with Gasteiger partial charge in [-0.25, -0.2) is 4.79 Å². The van der Waals surface area contributed by atoms with Crippen molar-refractivity contribution in [3.63, 3.8) is 0 Å². The van der Waals surface area contributed by atoms with E-state index in [2.05, 4.69) is 5.32 Å². The lowest BCUT2D eigenvalue weighted by molar-refractivity contribution is -0.219. The normalized spacial score (nSPS) is 30.9. The summed E-state index contributed by atoms with van der Waals surface area (Å²) >= 11 is 0. The third kappa shape index (κ3) is 3.19. The van der Waals surface area contributed by atoms with Gasteiger partial charge in [0.1, 0.15) is 11.9 Å². The van der Waals surface area contributed by atoms with Crippen molar-refractivity contribution in [3.05, 3.63) is 30.3 Å². The quantitative estimate of drug-likeness (QED) is 0.871. The molecule has 1 N–H and O–H groups in total. The number of ether oxygens (including phenoxy) is 2. The first-order chi connectivity index (χ1) is 10.4. The van der Waals surface area contributed by atoms with Gasteiger partial charge in [-0.2, -0.15) is 13.2 Å². The molecular weight excluding hydrogens is 299 g/mol. The van der Waals surface area contributed by atoms with Crippen LogP contribution < -0.4 is 10.1 Å². The lowest BCUT2D eigenvalue weighted by atomic mass is 9.99. The van der Waals surface area contributed by atoms with E-state index >= 15 is 0 Å². The van der Waals surface area contributed by atoms with Crippen LogP contribution in [0.5, 0.6) is 5.75 Å². The summed E-state index contributed by atoms with van der Waals surface area (Å²) in [6, 6.07) is 9.08. The smallest absolute Gasteiger partial charge is 0.490 e. The zero-order valence-corrected chi connectivity index (χ0v) is 11.7. The lowest BCUT2D eigenvalue weighted by Crippen LogP contribution is -2.56. The Morgan fingerprint density at radius 2 is 2.00 bits per heavy atom. The van der Waals surface area contributed by atoms with Gasteiger partial charge in [-0.1, -0.05) is 18.2 Å². The first-order valence-corrected chi connectivity index (χ1v) is 7.16. The van der Waals surface area contributed by atoms with E-state index in [1.807, 2.05) is 18.2 Å². The van der Waals surface area contributed by atoms with E-state index in [0.29, 0.717) is 25.0 Å². The first-order valence-electron chi connectivity index (χ1n) is 7.16. The molecule has 120 valence electrons. The number of hydrogen-bond donors (Lipinski definition) is 1. The molecule has 7 heteroatoms. The monoisotopic (exact) mass is 315 g/mol. The maximum atomic E-state index is 12.4. The molecule has 4 nitrogen and oxygen atoms in total. The van der Waals surface area contributed by atoms with Gasteiger partial charge in [0.25, 0.3) is 0 Å². The number of fused-ring (bicyclic) bond motifs is 2. The number of benzene rings is 1. The summed E-state index contributed by atoms with van der Waals surface area (Å²) in [5, 5.41) is 3.00. The highest BCUT2D eigenvalue weighted by atomic mass is 19.4. The maximum absolute atomic E-state index is 12.4. The summed E-state index contributed by atoms with van der Waals surface area (Å²) in [4.78, 5) is 11.2. The predicted molar refractivity (Wildman–Crippen MR) is 71.1 cm³/mol. The fourth-order valence-corrected chi connectivity index (χ4v) is 3.17. The van der Waals surface area contributed by atoms with E-state index in [0.717, 1.165) is 0 Å². The van der Waals surface area contributed by atoms with Gasteiger partial charge in [0.2, 0.25) is 0 Å². The summed E-state index contributed by atoms with van der Waals surface area (Å²) in [5.74, 6) is -1.49. The molecule has 0 aromatic heterocycles. The molecule has 3 rings (SSSR count). The van der Waals surface area contributed by atoms with Crippen LogP contribution in [0.25, 0.3) is 0 Å². The zero-order valence-electron chi connectivity index (χ0n) is 11.7. The van der Waals surface area contributed by atoms with E-state index in [-0.39, 0.29) is 18.6 Å². The van der Waals surface area contributed by atoms with E-state index in [1.165, 1.54) is 0 Å². The second-order valence-corrected chi connectivity index (χ2v) is 5.75. The van der Waals surface area contributed by atoms with Crippen molar-refractivity contribution in [3.8, 4) is 5.75 Å². The predicted octanol–water partition coefficient (Wildman–Crippen LogP) is 2.78. The van der Waals surface area contributed by atoms with Crippen molar-refractivity contribution in [2.24, 2.45) is 0 Å². The average molecular weight is 315 g/mol. The zero-order chi connectivity index (χ0) is 15.8. The molecule has 0 aliphatic carbocycles. The van der Waals surface area contributed by atoms with Crippen LogP contribution in [0.15, 0.2) is 30.3 Å². The molecular formula is C15H16F3NO3. The summed E-state index contributed by atoms with van der Waals surface area (Å²) in [5.41, 5.74) is -1.27. The van der Waals surface area contributed by atoms with Gasteiger partial charge in [0, 0.05) is 18.9 Å². The highest BCUT2D eigenvalue weighted by Crippen LogP contribution is 2.39. The molecule has 3 atom stereocenters. The molecule has 0 saturated carbocycles. The van der Waals surface area contributed by atoms with Crippen LogP contribution in [-0.2, 0) is 9.53 Å². The molecule has 0 spiro atoms. The summed E-state index contributed by atoms with van der Waals surface area (Å²) in [7, 11) is 0. The molecule has 22 heavy (non-hydrogen) atoms. The number of hydrogen-bond acceptors (Lipinski definition) is 4. The van der Waals surface area contributed by atoms with Gasteiger partial charge in [-0.05, 0) is 25.0 Å². The number of rotatable bonds is 3. The lowest BCUT2D eigenvalue weighted by Gasteiger charge is -2.38. The standard InChI is InChI=1S/C15H16F3NO3/c16-15(17,18)13(20)22-14-7-6-10(19-14)8-12(9-14)21-11-4-2-1-3-5-11/h1-5,10,12,19H,6-9H2. The van der Waals surface area contributed by atoms with E-state index < -0.39 is 17.9 Å². The molecule has 2 aliphatic heterocycles. The van der Waals surface area contributed by atoms with Crippen molar-refractivity contribution < 1.29 is 27.4 Å². The van der Waals surface area contributed by atoms with Crippen molar-refractivity contribution in [1.82, 2.24) is 5.32 Å². The summed E-state index contributed by atoms with van der Waals surface area (Å²) in [6.45, 7) is 0. The molecule has 1 aromatic carbocycles. The molecule has 3 unspecified atom stereocenters. The summed E-state index contributed by atoms with van der Waals surface area (Å²) in [6.07, 6.45) is -3.34. The van der Waals surface area contributed by atoms with Crippen LogP contribution in [0, 0.1) is 0 Å². The Labute approximate surface area is 125 Å². The van der Waals surface area contributed by atoms with Crippen LogP contribution in [0.4, 0.5) is 13.2 Å². The number of nitrogens with one attached hydrogen (secondary N) is 1. The largest absolute Gasteiger partial charge is 0.490 e. The number of carbonyl (C=O) groups is 1. The second-order valence-electron chi connectivity index (χ2n) is 5.75. The van der Waals surface area contributed by atoms with Crippen LogP contribution in [0.3, 0.4) is 0 Å². The molecule has 2 bridgehead atoms. The van der Waals surface area contributed by atoms with E-state index in [4.69, 9.17) is 9.47 Å². The fourth-order valence-electron chi connectivity index (χ4n) is 3.17. The molecule has 2 saturated heterocycles. The van der Waals surface area contributed by atoms with Gasteiger partial charge in [0.15, 0.2) is 5.72 Å². The molecule has 2 fully saturated rings. The molecule has 0 radical (unpaired) electrons. The minimum atomic E-state index is -4.98. The molecule has 2 aliphatic rings. The average Bonchev–Trinajstić information content (AvgIpc) is 2.74. The highest BCUT2D eigenvalue weighted by molar-refractivity contribution is 5.76. The third-order valence-electron chi connectivity index (χ3n) is 4.03. The van der Waals surface area contributed by atoms with Crippen molar-refractivity contribution >= 4 is 5.97 Å². The minimum Gasteiger partial charge on any atom is -0.490 e. The van der Waals surface area contributed by atoms with E-state index in [1.54, 1.807) is 12.1 Å². The third-order valence-corrected chi connectivity index (χ3v) is 4.03. The van der Waals surface area contributed by atoms with Crippen LogP contribution in [-0.4, -0.2) is 30.0 Å². The highest BCUT2D eigenvalue weighted by Gasteiger charge is 2.53. The maximum Gasteiger partial charge on any atom is 0.490 e. The van der Waals surface area contributed by atoms with Crippen LogP contribution in [0.2, 0.25) is 0 Å². The van der Waals surface area contributed by atoms with Crippen molar-refractivity contribution in [2.45, 2.75) is 49.7 Å². The van der Waals surface area contributed by atoms with Crippen LogP contribution in [0.1, 0.15) is 25.7 Å². The Bertz CT molecular complexity index is 549. The van der Waals surface area contributed by atoms with Crippen molar-refractivity contribution in [2.75, 3.05) is 0 Å². The number of carbonyl (C=O) groups excluding carboxylic acids is 1. The number of alkyl halides is 3. The van der Waals surface area contributed by atoms with E-state index in [9.17, 15) is 18.0 Å². The fraction of sp³-hybridized carbons (Fsp3) is 0.533. The topological polar surface area (TPSA) is 47.6 Å². The number of para-hydroxylation sites is 1. The number of halogens is 3. The van der Waals surface area contributed by atoms with Gasteiger partial charge in [-0.3, -0.25) is 5.32 Å². The molecule has 2 heterocycles. The Kier molecular flexibility index (Phi) is 3.76. The van der Waals surface area contributed by atoms with Gasteiger partial charge in [0.05, 0.1) is 0 Å². The molecule has 1 aromatic rings. The Morgan fingerprint density at radius 3 is 2.68 bits per heavy atom. The Hall–Kier alpha value is -1.76. The molecule has 0 amide bonds. The number of esters is 1.